The highest BCUT2D eigenvalue weighted by Crippen LogP contribution is 2.32. The summed E-state index contributed by atoms with van der Waals surface area (Å²) in [7, 11) is -3.92. The average Bonchev–Trinajstić information content (AvgIpc) is 2.84. The van der Waals surface area contributed by atoms with Crippen molar-refractivity contribution >= 4 is 27.5 Å². The fourth-order valence-electron chi connectivity index (χ4n) is 3.86. The molecule has 38 heavy (non-hydrogen) atoms. The molecule has 0 aliphatic rings. The van der Waals surface area contributed by atoms with E-state index in [0.29, 0.717) is 0 Å². The van der Waals surface area contributed by atoms with Crippen molar-refractivity contribution in [1.29, 1.82) is 0 Å². The molecule has 1 N–H and O–H groups in total. The van der Waals surface area contributed by atoms with E-state index in [1.807, 2.05) is 45.0 Å². The van der Waals surface area contributed by atoms with Gasteiger partial charge in [0.05, 0.1) is 17.5 Å². The predicted molar refractivity (Wildman–Crippen MR) is 142 cm³/mol. The normalized spacial score (nSPS) is 13.5. The van der Waals surface area contributed by atoms with Crippen LogP contribution < -0.4 is 9.62 Å². The molecule has 11 heteroatoms. The standard InChI is InChI=1S/C27H36F3N3O4S/c1-6-20(3)31-26(35)21(4)32(18-22-12-8-7-11-19(22)2)25(34)15-10-16-33(38(5,36)37)24-14-9-13-23(17-24)27(28,29)30/h7-9,11-14,17,20-21H,6,10,15-16,18H2,1-5H3,(H,31,35)/t20-,21+/m1/s1. The van der Waals surface area contributed by atoms with Gasteiger partial charge in [0.25, 0.3) is 0 Å². The molecule has 0 aromatic heterocycles. The molecule has 2 aromatic rings. The summed E-state index contributed by atoms with van der Waals surface area (Å²) in [5.41, 5.74) is 0.719. The fourth-order valence-corrected chi connectivity index (χ4v) is 4.82. The number of anilines is 1. The first-order valence-electron chi connectivity index (χ1n) is 12.4. The van der Waals surface area contributed by atoms with Crippen LogP contribution in [0.5, 0.6) is 0 Å². The quantitative estimate of drug-likeness (QED) is 0.404. The van der Waals surface area contributed by atoms with Crippen LogP contribution >= 0.6 is 0 Å². The van der Waals surface area contributed by atoms with Gasteiger partial charge >= 0.3 is 6.18 Å². The van der Waals surface area contributed by atoms with Crippen LogP contribution in [-0.2, 0) is 32.3 Å². The minimum absolute atomic E-state index is 0.0477. The van der Waals surface area contributed by atoms with E-state index < -0.39 is 27.8 Å². The van der Waals surface area contributed by atoms with E-state index in [1.165, 1.54) is 11.0 Å². The van der Waals surface area contributed by atoms with E-state index in [2.05, 4.69) is 5.32 Å². The highest BCUT2D eigenvalue weighted by atomic mass is 32.2. The zero-order valence-corrected chi connectivity index (χ0v) is 23.2. The van der Waals surface area contributed by atoms with Crippen LogP contribution in [0.3, 0.4) is 0 Å². The number of hydrogen-bond acceptors (Lipinski definition) is 4. The topological polar surface area (TPSA) is 86.8 Å². The van der Waals surface area contributed by atoms with Crippen LogP contribution in [0.1, 0.15) is 56.7 Å². The molecule has 7 nitrogen and oxygen atoms in total. The Morgan fingerprint density at radius 2 is 1.71 bits per heavy atom. The lowest BCUT2D eigenvalue weighted by atomic mass is 10.1. The number of sulfonamides is 1. The lowest BCUT2D eigenvalue weighted by molar-refractivity contribution is -0.140. The number of aryl methyl sites for hydroxylation is 1. The zero-order valence-electron chi connectivity index (χ0n) is 22.4. The first-order valence-corrected chi connectivity index (χ1v) is 14.3. The first-order chi connectivity index (χ1) is 17.6. The lowest BCUT2D eigenvalue weighted by Crippen LogP contribution is -2.49. The third-order valence-electron chi connectivity index (χ3n) is 6.38. The van der Waals surface area contributed by atoms with Crippen molar-refractivity contribution in [3.63, 3.8) is 0 Å². The van der Waals surface area contributed by atoms with Crippen LogP contribution in [-0.4, -0.2) is 50.0 Å². The summed E-state index contributed by atoms with van der Waals surface area (Å²) < 4.78 is 65.2. The van der Waals surface area contributed by atoms with Gasteiger partial charge in [0.1, 0.15) is 6.04 Å². The zero-order chi connectivity index (χ0) is 28.7. The highest BCUT2D eigenvalue weighted by Gasteiger charge is 2.32. The van der Waals surface area contributed by atoms with Gasteiger partial charge in [0.15, 0.2) is 0 Å². The van der Waals surface area contributed by atoms with Crippen molar-refractivity contribution in [2.75, 3.05) is 17.1 Å². The lowest BCUT2D eigenvalue weighted by Gasteiger charge is -2.30. The Balaban J connectivity index is 2.23. The largest absolute Gasteiger partial charge is 0.416 e. The van der Waals surface area contributed by atoms with Gasteiger partial charge in [-0.2, -0.15) is 13.2 Å². The number of halogens is 3. The minimum Gasteiger partial charge on any atom is -0.352 e. The monoisotopic (exact) mass is 555 g/mol. The van der Waals surface area contributed by atoms with Crippen LogP contribution in [0.4, 0.5) is 18.9 Å². The number of rotatable bonds is 12. The number of carbonyl (C=O) groups excluding carboxylic acids is 2. The second-order valence-corrected chi connectivity index (χ2v) is 11.3. The smallest absolute Gasteiger partial charge is 0.352 e. The van der Waals surface area contributed by atoms with Crippen molar-refractivity contribution in [3.05, 3.63) is 65.2 Å². The molecule has 2 rings (SSSR count). The Bertz CT molecular complexity index is 1220. The summed E-state index contributed by atoms with van der Waals surface area (Å²) in [6.07, 6.45) is -3.05. The first kappa shape index (κ1) is 31.1. The summed E-state index contributed by atoms with van der Waals surface area (Å²) in [4.78, 5) is 27.7. The third-order valence-corrected chi connectivity index (χ3v) is 7.58. The molecular weight excluding hydrogens is 519 g/mol. The van der Waals surface area contributed by atoms with E-state index in [4.69, 9.17) is 0 Å². The number of alkyl halides is 3. The van der Waals surface area contributed by atoms with Crippen molar-refractivity contribution in [3.8, 4) is 0 Å². The molecule has 0 unspecified atom stereocenters. The van der Waals surface area contributed by atoms with Gasteiger partial charge in [-0.25, -0.2) is 8.42 Å². The van der Waals surface area contributed by atoms with Gasteiger partial charge in [-0.05, 0) is 62.9 Å². The van der Waals surface area contributed by atoms with E-state index in [0.717, 1.165) is 46.3 Å². The molecule has 0 saturated heterocycles. The Morgan fingerprint density at radius 3 is 2.29 bits per heavy atom. The van der Waals surface area contributed by atoms with Crippen LogP contribution in [0.2, 0.25) is 0 Å². The number of nitrogens with one attached hydrogen (secondary N) is 1. The van der Waals surface area contributed by atoms with Crippen LogP contribution in [0, 0.1) is 6.92 Å². The summed E-state index contributed by atoms with van der Waals surface area (Å²) >= 11 is 0. The second-order valence-electron chi connectivity index (χ2n) is 9.43. The van der Waals surface area contributed by atoms with Crippen molar-refractivity contribution in [2.45, 2.75) is 71.8 Å². The molecule has 0 heterocycles. The molecule has 2 atom stereocenters. The molecule has 0 spiro atoms. The van der Waals surface area contributed by atoms with E-state index in [9.17, 15) is 31.2 Å². The predicted octanol–water partition coefficient (Wildman–Crippen LogP) is 4.89. The second kappa shape index (κ2) is 13.1. The Kier molecular flexibility index (Phi) is 10.8. The number of hydrogen-bond donors (Lipinski definition) is 1. The molecule has 0 bridgehead atoms. The number of carbonyl (C=O) groups is 2. The van der Waals surface area contributed by atoms with E-state index in [1.54, 1.807) is 6.92 Å². The molecular formula is C27H36F3N3O4S. The maximum Gasteiger partial charge on any atom is 0.416 e. The maximum atomic E-state index is 13.3. The van der Waals surface area contributed by atoms with Gasteiger partial charge in [-0.3, -0.25) is 13.9 Å². The fraction of sp³-hybridized carbons (Fsp3) is 0.481. The van der Waals surface area contributed by atoms with Crippen molar-refractivity contribution in [2.24, 2.45) is 0 Å². The maximum absolute atomic E-state index is 13.3. The van der Waals surface area contributed by atoms with Crippen molar-refractivity contribution in [1.82, 2.24) is 10.2 Å². The molecule has 210 valence electrons. The van der Waals surface area contributed by atoms with Gasteiger partial charge < -0.3 is 10.2 Å². The van der Waals surface area contributed by atoms with Crippen LogP contribution in [0.15, 0.2) is 48.5 Å². The van der Waals surface area contributed by atoms with Crippen LogP contribution in [0.25, 0.3) is 0 Å². The summed E-state index contributed by atoms with van der Waals surface area (Å²) in [5.74, 6) is -0.666. The van der Waals surface area contributed by atoms with E-state index in [-0.39, 0.29) is 49.5 Å². The highest BCUT2D eigenvalue weighted by molar-refractivity contribution is 7.92. The van der Waals surface area contributed by atoms with Gasteiger partial charge in [-0.1, -0.05) is 37.3 Å². The Labute approximate surface area is 223 Å². The van der Waals surface area contributed by atoms with Gasteiger partial charge in [0.2, 0.25) is 21.8 Å². The van der Waals surface area contributed by atoms with Crippen molar-refractivity contribution < 1.29 is 31.2 Å². The van der Waals surface area contributed by atoms with Gasteiger partial charge in [0, 0.05) is 25.6 Å². The number of amides is 2. The average molecular weight is 556 g/mol. The van der Waals surface area contributed by atoms with Gasteiger partial charge in [-0.15, -0.1) is 0 Å². The summed E-state index contributed by atoms with van der Waals surface area (Å²) in [5, 5.41) is 2.89. The molecule has 0 radical (unpaired) electrons. The molecule has 0 fully saturated rings. The number of nitrogens with zero attached hydrogens (tertiary/aromatic N) is 2. The minimum atomic E-state index is -4.63. The molecule has 0 aliphatic carbocycles. The molecule has 0 saturated carbocycles. The molecule has 2 amide bonds. The molecule has 2 aromatic carbocycles. The van der Waals surface area contributed by atoms with E-state index >= 15 is 0 Å². The summed E-state index contributed by atoms with van der Waals surface area (Å²) in [6, 6.07) is 10.7. The Morgan fingerprint density at radius 1 is 1.05 bits per heavy atom. The molecule has 0 aliphatic heterocycles. The third kappa shape index (κ3) is 8.75. The summed E-state index contributed by atoms with van der Waals surface area (Å²) in [6.45, 7) is 7.33. The number of benzene rings is 2. The Hall–Kier alpha value is -3.08. The SMILES string of the molecule is CC[C@@H](C)NC(=O)[C@H](C)N(Cc1ccccc1C)C(=O)CCCN(c1cccc(C(F)(F)F)c1)S(C)(=O)=O.